The minimum atomic E-state index is -4.43. The van der Waals surface area contributed by atoms with Crippen LogP contribution < -0.4 is 5.32 Å². The zero-order valence-electron chi connectivity index (χ0n) is 13.1. The van der Waals surface area contributed by atoms with Crippen LogP contribution in [0, 0.1) is 6.92 Å². The summed E-state index contributed by atoms with van der Waals surface area (Å²) < 4.78 is 38.7. The molecule has 0 fully saturated rings. The Balaban J connectivity index is 1.99. The van der Waals surface area contributed by atoms with Crippen LogP contribution in [0.1, 0.15) is 11.1 Å². The van der Waals surface area contributed by atoms with Gasteiger partial charge in [0.25, 0.3) is 0 Å². The summed E-state index contributed by atoms with van der Waals surface area (Å²) in [5.74, 6) is 0.524. The molecular weight excluding hydrogens is 351 g/mol. The smallest absolute Gasteiger partial charge is 0.340 e. The van der Waals surface area contributed by atoms with Gasteiger partial charge in [0.15, 0.2) is 5.82 Å². The van der Waals surface area contributed by atoms with Crippen molar-refractivity contribution in [1.29, 1.82) is 0 Å². The third kappa shape index (κ3) is 4.09. The molecule has 3 aromatic rings. The number of benzene rings is 2. The van der Waals surface area contributed by atoms with Gasteiger partial charge in [-0.3, -0.25) is 0 Å². The third-order valence-corrected chi connectivity index (χ3v) is 3.74. The summed E-state index contributed by atoms with van der Waals surface area (Å²) in [6, 6.07) is 13.9. The quantitative estimate of drug-likeness (QED) is 0.591. The molecule has 1 aromatic heterocycles. The van der Waals surface area contributed by atoms with Crippen LogP contribution in [0.5, 0.6) is 0 Å². The Labute approximate surface area is 147 Å². The highest BCUT2D eigenvalue weighted by Gasteiger charge is 2.30. The molecule has 25 heavy (non-hydrogen) atoms. The van der Waals surface area contributed by atoms with E-state index in [2.05, 4.69) is 15.3 Å². The fraction of sp³-hybridized carbons (Fsp3) is 0.111. The van der Waals surface area contributed by atoms with Gasteiger partial charge in [-0.2, -0.15) is 13.2 Å². The molecule has 0 saturated heterocycles. The fourth-order valence-electron chi connectivity index (χ4n) is 2.30. The van der Waals surface area contributed by atoms with E-state index in [4.69, 9.17) is 11.6 Å². The van der Waals surface area contributed by atoms with Gasteiger partial charge in [0.05, 0.1) is 5.56 Å². The Morgan fingerprint density at radius 1 is 0.960 bits per heavy atom. The van der Waals surface area contributed by atoms with Crippen LogP contribution in [-0.2, 0) is 6.18 Å². The number of nitrogens with one attached hydrogen (secondary N) is 1. The minimum absolute atomic E-state index is 0.120. The highest BCUT2D eigenvalue weighted by Crippen LogP contribution is 2.32. The van der Waals surface area contributed by atoms with Crippen LogP contribution in [0.15, 0.2) is 54.6 Å². The van der Waals surface area contributed by atoms with E-state index in [-0.39, 0.29) is 16.5 Å². The van der Waals surface area contributed by atoms with E-state index in [0.29, 0.717) is 5.82 Å². The maximum Gasteiger partial charge on any atom is 0.416 e. The second-order valence-electron chi connectivity index (χ2n) is 5.42. The third-order valence-electron chi connectivity index (χ3n) is 3.55. The van der Waals surface area contributed by atoms with Crippen LogP contribution in [-0.4, -0.2) is 9.97 Å². The molecule has 0 amide bonds. The van der Waals surface area contributed by atoms with Crippen molar-refractivity contribution < 1.29 is 13.2 Å². The molecule has 0 radical (unpaired) electrons. The molecule has 0 aliphatic carbocycles. The number of para-hydroxylation sites is 1. The summed E-state index contributed by atoms with van der Waals surface area (Å²) in [6.45, 7) is 1.93. The second kappa shape index (κ2) is 6.72. The first-order valence-corrected chi connectivity index (χ1v) is 7.75. The molecule has 0 atom stereocenters. The SMILES string of the molecule is Cc1ccccc1Nc1cc(Cl)nc(-c2cccc(C(F)(F)F)c2)n1. The molecule has 1 N–H and O–H groups in total. The number of halogens is 4. The largest absolute Gasteiger partial charge is 0.416 e. The van der Waals surface area contributed by atoms with Crippen LogP contribution in [0.2, 0.25) is 5.15 Å². The molecular formula is C18H13ClF3N3. The van der Waals surface area contributed by atoms with Crippen LogP contribution in [0.4, 0.5) is 24.7 Å². The summed E-state index contributed by atoms with van der Waals surface area (Å²) in [5, 5.41) is 3.25. The van der Waals surface area contributed by atoms with Gasteiger partial charge in [-0.15, -0.1) is 0 Å². The molecule has 0 aliphatic rings. The average Bonchev–Trinajstić information content (AvgIpc) is 2.56. The number of alkyl halides is 3. The van der Waals surface area contributed by atoms with Gasteiger partial charge < -0.3 is 5.32 Å². The van der Waals surface area contributed by atoms with E-state index in [1.165, 1.54) is 18.2 Å². The highest BCUT2D eigenvalue weighted by atomic mass is 35.5. The average molecular weight is 364 g/mol. The fourth-order valence-corrected chi connectivity index (χ4v) is 2.48. The Morgan fingerprint density at radius 2 is 1.72 bits per heavy atom. The lowest BCUT2D eigenvalue weighted by molar-refractivity contribution is -0.137. The number of aryl methyl sites for hydroxylation is 1. The lowest BCUT2D eigenvalue weighted by atomic mass is 10.1. The zero-order valence-corrected chi connectivity index (χ0v) is 13.9. The van der Waals surface area contributed by atoms with Gasteiger partial charge in [0.1, 0.15) is 11.0 Å². The molecule has 2 aromatic carbocycles. The predicted octanol–water partition coefficient (Wildman–Crippen LogP) is 5.87. The first-order valence-electron chi connectivity index (χ1n) is 7.38. The van der Waals surface area contributed by atoms with E-state index in [9.17, 15) is 13.2 Å². The molecule has 7 heteroatoms. The van der Waals surface area contributed by atoms with Crippen molar-refractivity contribution in [1.82, 2.24) is 9.97 Å². The monoisotopic (exact) mass is 363 g/mol. The maximum absolute atomic E-state index is 12.9. The van der Waals surface area contributed by atoms with Gasteiger partial charge in [-0.1, -0.05) is 41.9 Å². The number of hydrogen-bond acceptors (Lipinski definition) is 3. The van der Waals surface area contributed by atoms with E-state index in [0.717, 1.165) is 23.4 Å². The minimum Gasteiger partial charge on any atom is -0.340 e. The van der Waals surface area contributed by atoms with Gasteiger partial charge in [-0.25, -0.2) is 9.97 Å². The molecule has 0 unspecified atom stereocenters. The molecule has 0 spiro atoms. The van der Waals surface area contributed by atoms with Gasteiger partial charge in [0, 0.05) is 17.3 Å². The first kappa shape index (κ1) is 17.2. The lowest BCUT2D eigenvalue weighted by Gasteiger charge is -2.11. The number of anilines is 2. The molecule has 1 heterocycles. The molecule has 3 rings (SSSR count). The van der Waals surface area contributed by atoms with Gasteiger partial charge >= 0.3 is 6.18 Å². The summed E-state index contributed by atoms with van der Waals surface area (Å²) in [5.41, 5.74) is 1.30. The molecule has 0 aliphatic heterocycles. The number of hydrogen-bond donors (Lipinski definition) is 1. The number of rotatable bonds is 3. The zero-order chi connectivity index (χ0) is 18.0. The Morgan fingerprint density at radius 3 is 2.44 bits per heavy atom. The summed E-state index contributed by atoms with van der Waals surface area (Å²) in [6.07, 6.45) is -4.43. The van der Waals surface area contributed by atoms with Crippen LogP contribution >= 0.6 is 11.6 Å². The van der Waals surface area contributed by atoms with Crippen LogP contribution in [0.3, 0.4) is 0 Å². The van der Waals surface area contributed by atoms with Crippen molar-refractivity contribution in [2.24, 2.45) is 0 Å². The van der Waals surface area contributed by atoms with Crippen molar-refractivity contribution >= 4 is 23.1 Å². The number of nitrogens with zero attached hydrogens (tertiary/aromatic N) is 2. The van der Waals surface area contributed by atoms with E-state index >= 15 is 0 Å². The second-order valence-corrected chi connectivity index (χ2v) is 5.81. The van der Waals surface area contributed by atoms with Crippen molar-refractivity contribution in [2.75, 3.05) is 5.32 Å². The van der Waals surface area contributed by atoms with E-state index in [1.54, 1.807) is 0 Å². The Kier molecular flexibility index (Phi) is 4.63. The molecule has 0 bridgehead atoms. The van der Waals surface area contributed by atoms with Crippen molar-refractivity contribution in [3.05, 3.63) is 70.9 Å². The Hall–Kier alpha value is -2.60. The maximum atomic E-state index is 12.9. The van der Waals surface area contributed by atoms with Gasteiger partial charge in [0.2, 0.25) is 0 Å². The van der Waals surface area contributed by atoms with Crippen molar-refractivity contribution in [2.45, 2.75) is 13.1 Å². The molecule has 128 valence electrons. The number of aromatic nitrogens is 2. The van der Waals surface area contributed by atoms with Gasteiger partial charge in [-0.05, 0) is 30.7 Å². The predicted molar refractivity (Wildman–Crippen MR) is 91.9 cm³/mol. The molecule has 0 saturated carbocycles. The van der Waals surface area contributed by atoms with Crippen molar-refractivity contribution in [3.8, 4) is 11.4 Å². The Bertz CT molecular complexity index is 910. The van der Waals surface area contributed by atoms with Crippen LogP contribution in [0.25, 0.3) is 11.4 Å². The van der Waals surface area contributed by atoms with Crippen molar-refractivity contribution in [3.63, 3.8) is 0 Å². The normalized spacial score (nSPS) is 11.4. The topological polar surface area (TPSA) is 37.8 Å². The van der Waals surface area contributed by atoms with E-state index < -0.39 is 11.7 Å². The summed E-state index contributed by atoms with van der Waals surface area (Å²) in [4.78, 5) is 8.33. The molecule has 3 nitrogen and oxygen atoms in total. The summed E-state index contributed by atoms with van der Waals surface area (Å²) in [7, 11) is 0. The lowest BCUT2D eigenvalue weighted by Crippen LogP contribution is -2.05. The first-order chi connectivity index (χ1) is 11.8. The highest BCUT2D eigenvalue weighted by molar-refractivity contribution is 6.29. The standard InChI is InChI=1S/C18H13ClF3N3/c1-11-5-2-3-8-14(11)23-16-10-15(19)24-17(25-16)12-6-4-7-13(9-12)18(20,21)22/h2-10H,1H3,(H,23,24,25). The summed E-state index contributed by atoms with van der Waals surface area (Å²) >= 11 is 6.02. The van der Waals surface area contributed by atoms with E-state index in [1.807, 2.05) is 31.2 Å².